The van der Waals surface area contributed by atoms with Crippen molar-refractivity contribution in [2.45, 2.75) is 44.8 Å². The van der Waals surface area contributed by atoms with E-state index in [0.717, 1.165) is 49.9 Å². The molecule has 158 valence electrons. The van der Waals surface area contributed by atoms with Crippen LogP contribution in [0.25, 0.3) is 0 Å². The molecule has 3 N–H and O–H groups in total. The van der Waals surface area contributed by atoms with Gasteiger partial charge >= 0.3 is 0 Å². The van der Waals surface area contributed by atoms with Gasteiger partial charge in [0.1, 0.15) is 5.84 Å². The van der Waals surface area contributed by atoms with Crippen LogP contribution in [0.5, 0.6) is 0 Å². The van der Waals surface area contributed by atoms with Crippen LogP contribution in [0.2, 0.25) is 0 Å². The molecule has 1 unspecified atom stereocenters. The maximum Gasteiger partial charge on any atom is 0.153 e. The SMILES string of the molecule is CC(C)c1ccc(CN2CCN(C3(C4CC4)Nc4ccccc4N=C3N)CC2)cc1. The summed E-state index contributed by atoms with van der Waals surface area (Å²) in [5.74, 6) is 1.87. The van der Waals surface area contributed by atoms with Gasteiger partial charge in [-0.3, -0.25) is 9.80 Å². The van der Waals surface area contributed by atoms with Gasteiger partial charge in [0, 0.05) is 38.6 Å². The fourth-order valence-corrected chi connectivity index (χ4v) is 5.00. The van der Waals surface area contributed by atoms with E-state index in [2.05, 4.69) is 65.4 Å². The van der Waals surface area contributed by atoms with Gasteiger partial charge in [0.05, 0.1) is 11.4 Å². The zero-order valence-electron chi connectivity index (χ0n) is 18.1. The number of para-hydroxylation sites is 2. The Balaban J connectivity index is 1.28. The average Bonchev–Trinajstić information content (AvgIpc) is 3.60. The number of anilines is 1. The molecule has 2 heterocycles. The second kappa shape index (κ2) is 7.71. The van der Waals surface area contributed by atoms with Gasteiger partial charge in [0.25, 0.3) is 0 Å². The number of amidine groups is 1. The van der Waals surface area contributed by atoms with Crippen LogP contribution in [-0.2, 0) is 6.54 Å². The lowest BCUT2D eigenvalue weighted by atomic mass is 9.96. The minimum atomic E-state index is -0.320. The molecule has 5 rings (SSSR count). The quantitative estimate of drug-likeness (QED) is 0.787. The second-order valence-electron chi connectivity index (χ2n) is 9.34. The van der Waals surface area contributed by atoms with Crippen molar-refractivity contribution in [3.63, 3.8) is 0 Å². The largest absolute Gasteiger partial charge is 0.384 e. The summed E-state index contributed by atoms with van der Waals surface area (Å²) < 4.78 is 0. The van der Waals surface area contributed by atoms with Crippen LogP contribution in [0.15, 0.2) is 53.5 Å². The molecule has 3 aliphatic rings. The Hall–Kier alpha value is -2.37. The Morgan fingerprint density at radius 3 is 2.40 bits per heavy atom. The highest BCUT2D eigenvalue weighted by atomic mass is 15.4. The van der Waals surface area contributed by atoms with Crippen LogP contribution in [0.4, 0.5) is 11.4 Å². The van der Waals surface area contributed by atoms with E-state index in [-0.39, 0.29) is 5.66 Å². The summed E-state index contributed by atoms with van der Waals surface area (Å²) in [6.45, 7) is 9.63. The lowest BCUT2D eigenvalue weighted by Gasteiger charge is -2.50. The van der Waals surface area contributed by atoms with Gasteiger partial charge < -0.3 is 11.1 Å². The topological polar surface area (TPSA) is 56.9 Å². The van der Waals surface area contributed by atoms with Crippen molar-refractivity contribution >= 4 is 17.2 Å². The van der Waals surface area contributed by atoms with Crippen LogP contribution < -0.4 is 11.1 Å². The molecule has 0 aromatic heterocycles. The third-order valence-corrected chi connectivity index (χ3v) is 6.95. The summed E-state index contributed by atoms with van der Waals surface area (Å²) in [6.07, 6.45) is 2.43. The Kier molecular flexibility index (Phi) is 5.03. The van der Waals surface area contributed by atoms with E-state index >= 15 is 0 Å². The molecule has 5 heteroatoms. The monoisotopic (exact) mass is 403 g/mol. The fraction of sp³-hybridized carbons (Fsp3) is 0.480. The van der Waals surface area contributed by atoms with Gasteiger partial charge in [-0.2, -0.15) is 0 Å². The smallest absolute Gasteiger partial charge is 0.153 e. The summed E-state index contributed by atoms with van der Waals surface area (Å²) in [7, 11) is 0. The van der Waals surface area contributed by atoms with E-state index in [4.69, 9.17) is 10.7 Å². The zero-order chi connectivity index (χ0) is 20.7. The van der Waals surface area contributed by atoms with E-state index < -0.39 is 0 Å². The zero-order valence-corrected chi connectivity index (χ0v) is 18.1. The number of piperazine rings is 1. The maximum atomic E-state index is 6.63. The lowest BCUT2D eigenvalue weighted by molar-refractivity contribution is 0.0665. The molecule has 2 aromatic rings. The summed E-state index contributed by atoms with van der Waals surface area (Å²) in [6, 6.07) is 17.4. The first-order valence-electron chi connectivity index (χ1n) is 11.3. The highest BCUT2D eigenvalue weighted by molar-refractivity contribution is 5.99. The molecule has 1 aliphatic carbocycles. The Bertz CT molecular complexity index is 923. The summed E-state index contributed by atoms with van der Waals surface area (Å²) in [5, 5.41) is 3.82. The van der Waals surface area contributed by atoms with Crippen molar-refractivity contribution in [3.8, 4) is 0 Å². The van der Waals surface area contributed by atoms with E-state index in [0.29, 0.717) is 11.8 Å². The molecule has 30 heavy (non-hydrogen) atoms. The van der Waals surface area contributed by atoms with Crippen molar-refractivity contribution < 1.29 is 0 Å². The van der Waals surface area contributed by atoms with Gasteiger partial charge in [-0.15, -0.1) is 0 Å². The molecule has 0 amide bonds. The van der Waals surface area contributed by atoms with Crippen molar-refractivity contribution in [1.82, 2.24) is 9.80 Å². The number of hydrogen-bond acceptors (Lipinski definition) is 5. The van der Waals surface area contributed by atoms with Crippen LogP contribution >= 0.6 is 0 Å². The predicted octanol–water partition coefficient (Wildman–Crippen LogP) is 4.15. The number of benzene rings is 2. The first-order valence-corrected chi connectivity index (χ1v) is 11.3. The molecular formula is C25H33N5. The van der Waals surface area contributed by atoms with Gasteiger partial charge in [0.2, 0.25) is 0 Å². The van der Waals surface area contributed by atoms with Crippen molar-refractivity contribution in [3.05, 3.63) is 59.7 Å². The molecule has 0 radical (unpaired) electrons. The van der Waals surface area contributed by atoms with Crippen LogP contribution in [-0.4, -0.2) is 47.5 Å². The summed E-state index contributed by atoms with van der Waals surface area (Å²) >= 11 is 0. The van der Waals surface area contributed by atoms with Crippen LogP contribution in [0.1, 0.15) is 43.7 Å². The molecule has 1 saturated carbocycles. The average molecular weight is 404 g/mol. The molecule has 5 nitrogen and oxygen atoms in total. The molecular weight excluding hydrogens is 370 g/mol. The van der Waals surface area contributed by atoms with Gasteiger partial charge in [-0.1, -0.05) is 50.2 Å². The lowest BCUT2D eigenvalue weighted by Crippen LogP contribution is -2.68. The minimum absolute atomic E-state index is 0.320. The minimum Gasteiger partial charge on any atom is -0.384 e. The van der Waals surface area contributed by atoms with Gasteiger partial charge in [-0.05, 0) is 42.0 Å². The fourth-order valence-electron chi connectivity index (χ4n) is 5.00. The van der Waals surface area contributed by atoms with Crippen LogP contribution in [0, 0.1) is 5.92 Å². The number of nitrogens with zero attached hydrogens (tertiary/aromatic N) is 3. The molecule has 2 aromatic carbocycles. The first kappa shape index (κ1) is 19.6. The third kappa shape index (κ3) is 3.50. The number of nitrogens with two attached hydrogens (primary N) is 1. The summed E-state index contributed by atoms with van der Waals surface area (Å²) in [5.41, 5.74) is 11.2. The molecule has 2 aliphatic heterocycles. The van der Waals surface area contributed by atoms with Crippen molar-refractivity contribution in [1.29, 1.82) is 0 Å². The Morgan fingerprint density at radius 2 is 1.73 bits per heavy atom. The van der Waals surface area contributed by atoms with Crippen molar-refractivity contribution in [2.24, 2.45) is 16.6 Å². The van der Waals surface area contributed by atoms with E-state index in [1.807, 2.05) is 12.1 Å². The van der Waals surface area contributed by atoms with E-state index in [1.54, 1.807) is 0 Å². The Morgan fingerprint density at radius 1 is 1.03 bits per heavy atom. The summed E-state index contributed by atoms with van der Waals surface area (Å²) in [4.78, 5) is 9.94. The normalized spacial score (nSPS) is 25.0. The maximum absolute atomic E-state index is 6.63. The Labute approximate surface area is 180 Å². The molecule has 0 spiro atoms. The third-order valence-electron chi connectivity index (χ3n) is 6.95. The highest BCUT2D eigenvalue weighted by Gasteiger charge is 2.54. The van der Waals surface area contributed by atoms with E-state index in [9.17, 15) is 0 Å². The van der Waals surface area contributed by atoms with E-state index in [1.165, 1.54) is 24.0 Å². The number of nitrogens with one attached hydrogen (secondary N) is 1. The molecule has 1 saturated heterocycles. The number of aliphatic imine (C=N–C) groups is 1. The predicted molar refractivity (Wildman–Crippen MR) is 124 cm³/mol. The number of fused-ring (bicyclic) bond motifs is 1. The first-order chi connectivity index (χ1) is 14.6. The van der Waals surface area contributed by atoms with Gasteiger partial charge in [0.15, 0.2) is 5.66 Å². The second-order valence-corrected chi connectivity index (χ2v) is 9.34. The highest BCUT2D eigenvalue weighted by Crippen LogP contribution is 2.47. The molecule has 0 bridgehead atoms. The molecule has 1 atom stereocenters. The number of hydrogen-bond donors (Lipinski definition) is 2. The van der Waals surface area contributed by atoms with Crippen molar-refractivity contribution in [2.75, 3.05) is 31.5 Å². The number of rotatable bonds is 5. The standard InChI is InChI=1S/C25H33N5/c1-18(2)20-9-7-19(8-10-20)17-29-13-15-30(16-14-29)25(21-11-12-21)24(26)27-22-5-3-4-6-23(22)28-25/h3-10,18,21,28H,11-17H2,1-2H3,(H2,26,27). The van der Waals surface area contributed by atoms with Gasteiger partial charge in [-0.25, -0.2) is 4.99 Å². The van der Waals surface area contributed by atoms with Crippen LogP contribution in [0.3, 0.4) is 0 Å². The molecule has 2 fully saturated rings.